The van der Waals surface area contributed by atoms with E-state index in [1.54, 1.807) is 0 Å². The van der Waals surface area contributed by atoms with Crippen molar-refractivity contribution in [1.82, 2.24) is 0 Å². The highest BCUT2D eigenvalue weighted by Crippen LogP contribution is 2.30. The first-order valence-electron chi connectivity index (χ1n) is 4.53. The molecule has 0 saturated carbocycles. The lowest BCUT2D eigenvalue weighted by atomic mass is 10.2. The minimum atomic E-state index is -4.52. The lowest BCUT2D eigenvalue weighted by molar-refractivity contribution is -0.115. The molecule has 0 radical (unpaired) electrons. The quantitative estimate of drug-likeness (QED) is 0.655. The maximum absolute atomic E-state index is 13.1. The molecule has 0 spiro atoms. The van der Waals surface area contributed by atoms with E-state index in [0.717, 1.165) is 0 Å². The molecule has 0 fully saturated rings. The maximum Gasteiger partial charge on any atom is 0.405 e. The van der Waals surface area contributed by atoms with Crippen molar-refractivity contribution in [2.24, 2.45) is 0 Å². The average molecular weight is 274 g/mol. The highest BCUT2D eigenvalue weighted by atomic mass is 19.4. The Bertz CT molecular complexity index is 420. The molecule has 0 aliphatic carbocycles. The Morgan fingerprint density at radius 3 is 2.39 bits per heavy atom. The maximum atomic E-state index is 13.1. The summed E-state index contributed by atoms with van der Waals surface area (Å²) in [5.74, 6) is -2.07. The Balaban J connectivity index is 2.91. The number of anilines is 2. The lowest BCUT2D eigenvalue weighted by Crippen LogP contribution is -2.22. The van der Waals surface area contributed by atoms with Crippen LogP contribution < -0.4 is 15.8 Å². The Labute approximate surface area is 97.5 Å². The van der Waals surface area contributed by atoms with Crippen LogP contribution in [-0.2, 0) is 0 Å². The molecular weight excluding hydrogens is 266 g/mol. The molecule has 3 nitrogen and oxygen atoms in total. The fraction of sp³-hybridized carbons (Fsp3) is 0.333. The normalized spacial score (nSPS) is 11.7. The van der Waals surface area contributed by atoms with E-state index in [1.807, 2.05) is 5.32 Å². The van der Waals surface area contributed by atoms with Gasteiger partial charge < -0.3 is 15.8 Å². The molecule has 0 atom stereocenters. The molecule has 9 heteroatoms. The van der Waals surface area contributed by atoms with Gasteiger partial charge in [0.25, 0.3) is 0 Å². The minimum absolute atomic E-state index is 0.343. The summed E-state index contributed by atoms with van der Waals surface area (Å²) in [7, 11) is 0. The summed E-state index contributed by atoms with van der Waals surface area (Å²) in [6.07, 6.45) is -4.52. The fourth-order valence-corrected chi connectivity index (χ4v) is 1.10. The number of nitrogens with two attached hydrogens (primary N) is 1. The molecule has 0 heterocycles. The summed E-state index contributed by atoms with van der Waals surface area (Å²) in [5.41, 5.74) is 4.55. The predicted octanol–water partition coefficient (Wildman–Crippen LogP) is 2.98. The van der Waals surface area contributed by atoms with Gasteiger partial charge in [0.15, 0.2) is 11.6 Å². The number of nitrogens with one attached hydrogen (secondary N) is 1. The van der Waals surface area contributed by atoms with E-state index in [9.17, 15) is 26.3 Å². The average Bonchev–Trinajstić information content (AvgIpc) is 2.18. The zero-order valence-electron chi connectivity index (χ0n) is 8.69. The van der Waals surface area contributed by atoms with Gasteiger partial charge in [-0.15, -0.1) is 0 Å². The second-order valence-corrected chi connectivity index (χ2v) is 3.22. The predicted molar refractivity (Wildman–Crippen MR) is 52.0 cm³/mol. The minimum Gasteiger partial charge on any atom is -0.432 e. The Morgan fingerprint density at radius 2 is 1.89 bits per heavy atom. The molecule has 0 aliphatic rings. The molecule has 0 bridgehead atoms. The number of hydrogen-bond donors (Lipinski definition) is 2. The Hall–Kier alpha value is -1.80. The van der Waals surface area contributed by atoms with Gasteiger partial charge in [0.2, 0.25) is 0 Å². The second kappa shape index (κ2) is 5.23. The number of halogens is 6. The van der Waals surface area contributed by atoms with Crippen molar-refractivity contribution < 1.29 is 31.1 Å². The van der Waals surface area contributed by atoms with Gasteiger partial charge in [-0.05, 0) is 0 Å². The molecule has 1 aromatic carbocycles. The Morgan fingerprint density at radius 1 is 1.28 bits per heavy atom. The van der Waals surface area contributed by atoms with E-state index in [2.05, 4.69) is 4.74 Å². The van der Waals surface area contributed by atoms with Gasteiger partial charge in [-0.2, -0.15) is 22.0 Å². The SMILES string of the molecule is Nc1cc(F)c(OC(F)F)cc1NCC(F)(F)F. The van der Waals surface area contributed by atoms with Crippen molar-refractivity contribution in [3.63, 3.8) is 0 Å². The highest BCUT2D eigenvalue weighted by Gasteiger charge is 2.27. The van der Waals surface area contributed by atoms with E-state index in [4.69, 9.17) is 5.73 Å². The van der Waals surface area contributed by atoms with Crippen molar-refractivity contribution >= 4 is 11.4 Å². The number of alkyl halides is 5. The zero-order chi connectivity index (χ0) is 13.9. The first kappa shape index (κ1) is 14.3. The van der Waals surface area contributed by atoms with Gasteiger partial charge in [-0.1, -0.05) is 0 Å². The molecule has 18 heavy (non-hydrogen) atoms. The fourth-order valence-electron chi connectivity index (χ4n) is 1.10. The first-order valence-corrected chi connectivity index (χ1v) is 4.53. The molecule has 1 aromatic rings. The molecule has 3 N–H and O–H groups in total. The van der Waals surface area contributed by atoms with Gasteiger partial charge in [-0.25, -0.2) is 4.39 Å². The van der Waals surface area contributed by atoms with Crippen molar-refractivity contribution in [2.75, 3.05) is 17.6 Å². The smallest absolute Gasteiger partial charge is 0.405 e. The van der Waals surface area contributed by atoms with Gasteiger partial charge >= 0.3 is 12.8 Å². The zero-order valence-corrected chi connectivity index (χ0v) is 8.69. The summed E-state index contributed by atoms with van der Waals surface area (Å²) < 4.78 is 76.4. The van der Waals surface area contributed by atoms with Crippen LogP contribution >= 0.6 is 0 Å². The summed E-state index contributed by atoms with van der Waals surface area (Å²) >= 11 is 0. The topological polar surface area (TPSA) is 47.3 Å². The molecule has 1 rings (SSSR count). The van der Waals surface area contributed by atoms with Crippen LogP contribution in [0.3, 0.4) is 0 Å². The van der Waals surface area contributed by atoms with Crippen LogP contribution in [0.2, 0.25) is 0 Å². The monoisotopic (exact) mass is 274 g/mol. The number of rotatable bonds is 4. The highest BCUT2D eigenvalue weighted by molar-refractivity contribution is 5.68. The third-order valence-electron chi connectivity index (χ3n) is 1.80. The third-order valence-corrected chi connectivity index (χ3v) is 1.80. The van der Waals surface area contributed by atoms with Gasteiger partial charge in [0.1, 0.15) is 6.54 Å². The van der Waals surface area contributed by atoms with Gasteiger partial charge in [-0.3, -0.25) is 0 Å². The van der Waals surface area contributed by atoms with Crippen molar-refractivity contribution in [2.45, 2.75) is 12.8 Å². The van der Waals surface area contributed by atoms with Crippen LogP contribution in [0.15, 0.2) is 12.1 Å². The number of nitrogen functional groups attached to an aromatic ring is 1. The summed E-state index contributed by atoms with van der Waals surface area (Å²) in [4.78, 5) is 0. The summed E-state index contributed by atoms with van der Waals surface area (Å²) in [6, 6.07) is 1.24. The van der Waals surface area contributed by atoms with Crippen molar-refractivity contribution in [1.29, 1.82) is 0 Å². The van der Waals surface area contributed by atoms with E-state index in [-0.39, 0.29) is 11.4 Å². The van der Waals surface area contributed by atoms with Crippen molar-refractivity contribution in [3.8, 4) is 5.75 Å². The number of ether oxygens (including phenoxy) is 1. The third kappa shape index (κ3) is 4.22. The molecular formula is C9H8F6N2O. The first-order chi connectivity index (χ1) is 8.19. The van der Waals surface area contributed by atoms with Gasteiger partial charge in [0.05, 0.1) is 11.4 Å². The number of hydrogen-bond acceptors (Lipinski definition) is 3. The van der Waals surface area contributed by atoms with Crippen LogP contribution in [0, 0.1) is 5.82 Å². The van der Waals surface area contributed by atoms with Crippen LogP contribution in [0.1, 0.15) is 0 Å². The van der Waals surface area contributed by atoms with Crippen LogP contribution in [0.5, 0.6) is 5.75 Å². The molecule has 0 aromatic heterocycles. The Kier molecular flexibility index (Phi) is 4.15. The van der Waals surface area contributed by atoms with Crippen LogP contribution in [-0.4, -0.2) is 19.3 Å². The molecule has 0 amide bonds. The van der Waals surface area contributed by atoms with E-state index in [1.165, 1.54) is 0 Å². The second-order valence-electron chi connectivity index (χ2n) is 3.22. The molecule has 102 valence electrons. The van der Waals surface area contributed by atoms with E-state index < -0.39 is 30.9 Å². The molecule has 0 aliphatic heterocycles. The van der Waals surface area contributed by atoms with Crippen LogP contribution in [0.25, 0.3) is 0 Å². The summed E-state index contributed by atoms with van der Waals surface area (Å²) in [5, 5.41) is 1.85. The lowest BCUT2D eigenvalue weighted by Gasteiger charge is -2.14. The van der Waals surface area contributed by atoms with E-state index in [0.29, 0.717) is 12.1 Å². The largest absolute Gasteiger partial charge is 0.432 e. The standard InChI is InChI=1S/C9H8F6N2O/c10-4-1-5(16)6(17-3-9(13,14)15)2-7(4)18-8(11)12/h1-2,8,17H,3,16H2. The van der Waals surface area contributed by atoms with Gasteiger partial charge in [0, 0.05) is 12.1 Å². The van der Waals surface area contributed by atoms with Crippen LogP contribution in [0.4, 0.5) is 37.7 Å². The molecule has 0 saturated heterocycles. The summed E-state index contributed by atoms with van der Waals surface area (Å²) in [6.45, 7) is -4.73. The molecule has 0 unspecified atom stereocenters. The van der Waals surface area contributed by atoms with E-state index >= 15 is 0 Å². The van der Waals surface area contributed by atoms with Crippen molar-refractivity contribution in [3.05, 3.63) is 17.9 Å². The number of benzene rings is 1.